The number of para-hydroxylation sites is 1. The van der Waals surface area contributed by atoms with E-state index in [1.165, 1.54) is 11.8 Å². The number of ether oxygens (including phenoxy) is 1. The molecule has 0 spiro atoms. The highest BCUT2D eigenvalue weighted by Crippen LogP contribution is 2.35. The van der Waals surface area contributed by atoms with Crippen LogP contribution in [-0.2, 0) is 16.1 Å². The van der Waals surface area contributed by atoms with Gasteiger partial charge in [0.2, 0.25) is 11.8 Å². The van der Waals surface area contributed by atoms with Gasteiger partial charge in [0.25, 0.3) is 0 Å². The first kappa shape index (κ1) is 17.9. The largest absolute Gasteiger partial charge is 0.497 e. The topological polar surface area (TPSA) is 49.9 Å². The number of rotatable bonds is 6. The molecule has 0 unspecified atom stereocenters. The third-order valence-electron chi connectivity index (χ3n) is 4.92. The maximum absolute atomic E-state index is 13.1. The molecule has 2 aromatic rings. The minimum Gasteiger partial charge on any atom is -0.497 e. The molecule has 4 rings (SSSR count). The molecule has 6 heteroatoms. The second-order valence-corrected chi connectivity index (χ2v) is 7.85. The molecule has 2 aliphatic rings. The Kier molecular flexibility index (Phi) is 5.07. The van der Waals surface area contributed by atoms with E-state index in [0.29, 0.717) is 12.3 Å². The van der Waals surface area contributed by atoms with E-state index in [0.717, 1.165) is 34.7 Å². The van der Waals surface area contributed by atoms with Crippen molar-refractivity contribution in [3.63, 3.8) is 0 Å². The molecule has 0 radical (unpaired) electrons. The second kappa shape index (κ2) is 7.64. The fraction of sp³-hybridized carbons (Fsp3) is 0.333. The van der Waals surface area contributed by atoms with E-state index in [9.17, 15) is 9.59 Å². The standard InChI is InChI=1S/C21H22N2O3S/c1-26-17-10-6-15(7-11-17)12-22(16-8-9-16)20(24)13-23-18-4-2-3-5-19(18)27-14-21(23)25/h2-7,10-11,16H,8-9,12-14H2,1H3. The first-order valence-corrected chi connectivity index (χ1v) is 10.1. The summed E-state index contributed by atoms with van der Waals surface area (Å²) in [6.07, 6.45) is 2.06. The summed E-state index contributed by atoms with van der Waals surface area (Å²) in [6, 6.07) is 15.9. The van der Waals surface area contributed by atoms with Crippen LogP contribution in [-0.4, -0.2) is 42.2 Å². The lowest BCUT2D eigenvalue weighted by Crippen LogP contribution is -2.45. The molecule has 1 fully saturated rings. The molecule has 2 aromatic carbocycles. The van der Waals surface area contributed by atoms with Crippen molar-refractivity contribution in [2.24, 2.45) is 0 Å². The quantitative estimate of drug-likeness (QED) is 0.769. The number of benzene rings is 2. The molecule has 0 bridgehead atoms. The van der Waals surface area contributed by atoms with Crippen molar-refractivity contribution in [2.45, 2.75) is 30.3 Å². The van der Waals surface area contributed by atoms with Crippen LogP contribution in [0.5, 0.6) is 5.75 Å². The van der Waals surface area contributed by atoms with Gasteiger partial charge in [0.15, 0.2) is 0 Å². The van der Waals surface area contributed by atoms with Crippen LogP contribution in [0.4, 0.5) is 5.69 Å². The Bertz CT molecular complexity index is 849. The Morgan fingerprint density at radius 2 is 1.93 bits per heavy atom. The highest BCUT2D eigenvalue weighted by atomic mass is 32.2. The van der Waals surface area contributed by atoms with Gasteiger partial charge in [-0.15, -0.1) is 11.8 Å². The van der Waals surface area contributed by atoms with E-state index in [-0.39, 0.29) is 24.4 Å². The zero-order valence-corrected chi connectivity index (χ0v) is 16.1. The van der Waals surface area contributed by atoms with Crippen molar-refractivity contribution in [2.75, 3.05) is 24.3 Å². The molecular weight excluding hydrogens is 360 g/mol. The van der Waals surface area contributed by atoms with Gasteiger partial charge in [0.1, 0.15) is 12.3 Å². The first-order valence-electron chi connectivity index (χ1n) is 9.10. The minimum atomic E-state index is -0.00718. The predicted octanol–water partition coefficient (Wildman–Crippen LogP) is 3.33. The molecule has 27 heavy (non-hydrogen) atoms. The smallest absolute Gasteiger partial charge is 0.243 e. The van der Waals surface area contributed by atoms with Gasteiger partial charge in [0.05, 0.1) is 18.6 Å². The highest BCUT2D eigenvalue weighted by Gasteiger charge is 2.35. The summed E-state index contributed by atoms with van der Waals surface area (Å²) in [5.41, 5.74) is 1.91. The van der Waals surface area contributed by atoms with Crippen molar-refractivity contribution in [1.29, 1.82) is 0 Å². The van der Waals surface area contributed by atoms with Gasteiger partial charge < -0.3 is 14.5 Å². The molecular formula is C21H22N2O3S. The lowest BCUT2D eigenvalue weighted by atomic mass is 10.2. The molecule has 1 heterocycles. The molecule has 1 aliphatic carbocycles. The number of nitrogens with zero attached hydrogens (tertiary/aromatic N) is 2. The summed E-state index contributed by atoms with van der Waals surface area (Å²) >= 11 is 1.53. The number of amides is 2. The Labute approximate surface area is 163 Å². The summed E-state index contributed by atoms with van der Waals surface area (Å²) in [6.45, 7) is 0.662. The Hall–Kier alpha value is -2.47. The fourth-order valence-corrected chi connectivity index (χ4v) is 4.22. The average molecular weight is 382 g/mol. The van der Waals surface area contributed by atoms with Crippen LogP contribution in [0, 0.1) is 0 Å². The average Bonchev–Trinajstić information content (AvgIpc) is 3.54. The number of anilines is 1. The Morgan fingerprint density at radius 3 is 2.63 bits per heavy atom. The van der Waals surface area contributed by atoms with E-state index in [1.807, 2.05) is 53.4 Å². The number of carbonyl (C=O) groups is 2. The highest BCUT2D eigenvalue weighted by molar-refractivity contribution is 8.00. The summed E-state index contributed by atoms with van der Waals surface area (Å²) in [5, 5.41) is 0. The number of methoxy groups -OCH3 is 1. The van der Waals surface area contributed by atoms with Crippen molar-refractivity contribution < 1.29 is 14.3 Å². The monoisotopic (exact) mass is 382 g/mol. The number of hydrogen-bond acceptors (Lipinski definition) is 4. The molecule has 0 atom stereocenters. The van der Waals surface area contributed by atoms with Crippen molar-refractivity contribution in [1.82, 2.24) is 4.90 Å². The molecule has 0 saturated heterocycles. The number of carbonyl (C=O) groups excluding carboxylic acids is 2. The fourth-order valence-electron chi connectivity index (χ4n) is 3.29. The summed E-state index contributed by atoms with van der Waals surface area (Å²) in [5.74, 6) is 1.18. The number of hydrogen-bond donors (Lipinski definition) is 0. The SMILES string of the molecule is COc1ccc(CN(C(=O)CN2C(=O)CSc3ccccc32)C2CC2)cc1. The van der Waals surface area contributed by atoms with Gasteiger partial charge in [-0.2, -0.15) is 0 Å². The van der Waals surface area contributed by atoms with Gasteiger partial charge in [-0.25, -0.2) is 0 Å². The summed E-state index contributed by atoms with van der Waals surface area (Å²) < 4.78 is 5.20. The Morgan fingerprint density at radius 1 is 1.19 bits per heavy atom. The van der Waals surface area contributed by atoms with Crippen LogP contribution in [0.25, 0.3) is 0 Å². The van der Waals surface area contributed by atoms with Gasteiger partial charge in [-0.3, -0.25) is 9.59 Å². The van der Waals surface area contributed by atoms with Gasteiger partial charge in [-0.1, -0.05) is 24.3 Å². The lowest BCUT2D eigenvalue weighted by molar-refractivity contribution is -0.132. The minimum absolute atomic E-state index is 0.00312. The Balaban J connectivity index is 1.50. The molecule has 2 amide bonds. The van der Waals surface area contributed by atoms with Crippen molar-refractivity contribution >= 4 is 29.3 Å². The maximum Gasteiger partial charge on any atom is 0.243 e. The normalized spacial score (nSPS) is 16.0. The zero-order valence-electron chi connectivity index (χ0n) is 15.3. The van der Waals surface area contributed by atoms with Crippen LogP contribution in [0.15, 0.2) is 53.4 Å². The third kappa shape index (κ3) is 3.95. The maximum atomic E-state index is 13.1. The van der Waals surface area contributed by atoms with Gasteiger partial charge in [0, 0.05) is 17.5 Å². The van der Waals surface area contributed by atoms with E-state index >= 15 is 0 Å². The van der Waals surface area contributed by atoms with Crippen LogP contribution in [0.1, 0.15) is 18.4 Å². The van der Waals surface area contributed by atoms with E-state index in [4.69, 9.17) is 4.74 Å². The second-order valence-electron chi connectivity index (χ2n) is 6.84. The number of thioether (sulfide) groups is 1. The summed E-state index contributed by atoms with van der Waals surface area (Å²) in [7, 11) is 1.64. The van der Waals surface area contributed by atoms with Crippen molar-refractivity contribution in [3.05, 3.63) is 54.1 Å². The molecule has 1 saturated carbocycles. The van der Waals surface area contributed by atoms with Crippen LogP contribution < -0.4 is 9.64 Å². The zero-order chi connectivity index (χ0) is 18.8. The third-order valence-corrected chi connectivity index (χ3v) is 5.97. The molecule has 0 aromatic heterocycles. The molecule has 5 nitrogen and oxygen atoms in total. The molecule has 1 aliphatic heterocycles. The lowest BCUT2D eigenvalue weighted by Gasteiger charge is -2.31. The summed E-state index contributed by atoms with van der Waals surface area (Å²) in [4.78, 5) is 30.1. The predicted molar refractivity (Wildman–Crippen MR) is 106 cm³/mol. The van der Waals surface area contributed by atoms with Crippen molar-refractivity contribution in [3.8, 4) is 5.75 Å². The van der Waals surface area contributed by atoms with Crippen LogP contribution >= 0.6 is 11.8 Å². The van der Waals surface area contributed by atoms with E-state index in [1.54, 1.807) is 12.0 Å². The molecule has 140 valence electrons. The van der Waals surface area contributed by atoms with E-state index in [2.05, 4.69) is 0 Å². The first-order chi connectivity index (χ1) is 13.2. The van der Waals surface area contributed by atoms with Gasteiger partial charge >= 0.3 is 0 Å². The molecule has 0 N–H and O–H groups in total. The van der Waals surface area contributed by atoms with Crippen LogP contribution in [0.2, 0.25) is 0 Å². The number of fused-ring (bicyclic) bond motifs is 1. The van der Waals surface area contributed by atoms with Crippen LogP contribution in [0.3, 0.4) is 0 Å². The van der Waals surface area contributed by atoms with E-state index < -0.39 is 0 Å². The van der Waals surface area contributed by atoms with Gasteiger partial charge in [-0.05, 0) is 42.7 Å².